The summed E-state index contributed by atoms with van der Waals surface area (Å²) < 4.78 is 38.9. The summed E-state index contributed by atoms with van der Waals surface area (Å²) in [6.07, 6.45) is 6.19. The monoisotopic (exact) mass is 1770 g/mol. The van der Waals surface area contributed by atoms with Crippen LogP contribution in [0.2, 0.25) is 0 Å². The number of hydrogen-bond acceptors (Lipinski definition) is 29. The van der Waals surface area contributed by atoms with Gasteiger partial charge in [0.1, 0.15) is 31.4 Å². The number of methoxy groups -OCH3 is 3. The molecule has 4 heterocycles. The van der Waals surface area contributed by atoms with E-state index in [1.165, 1.54) is 85.1 Å². The molecule has 12 aromatic rings. The Balaban J connectivity index is 0.000000194. The van der Waals surface area contributed by atoms with Crippen molar-refractivity contribution in [2.75, 3.05) is 41.2 Å². The first kappa shape index (κ1) is 98.2. The van der Waals surface area contributed by atoms with E-state index in [4.69, 9.17) is 47.8 Å². The van der Waals surface area contributed by atoms with E-state index in [-0.39, 0.29) is 66.0 Å². The van der Waals surface area contributed by atoms with Gasteiger partial charge in [0, 0.05) is 193 Å². The zero-order valence-corrected chi connectivity index (χ0v) is 74.3. The fraction of sp³-hybridized carbons (Fsp3) is 0.359. The predicted molar refractivity (Wildman–Crippen MR) is 485 cm³/mol. The number of carbonyl (C=O) groups is 7. The third-order valence-electron chi connectivity index (χ3n) is 20.4. The van der Waals surface area contributed by atoms with Gasteiger partial charge in [-0.2, -0.15) is 0 Å². The van der Waals surface area contributed by atoms with E-state index in [1.807, 2.05) is 42.5 Å². The van der Waals surface area contributed by atoms with Crippen molar-refractivity contribution >= 4 is 175 Å². The molecule has 8 aromatic carbocycles. The minimum atomic E-state index is -0.543. The molecule has 0 fully saturated rings. The number of fused-ring (bicyclic) bond motifs is 12. The molecule has 4 aromatic heterocycles. The quantitative estimate of drug-likeness (QED) is 0.00669. The molecule has 3 atom stereocenters. The highest BCUT2D eigenvalue weighted by molar-refractivity contribution is 6.16. The molecule has 3 unspecified atom stereocenters. The zero-order valence-electron chi connectivity index (χ0n) is 74.3. The summed E-state index contributed by atoms with van der Waals surface area (Å²) >= 11 is 0. The molecule has 37 heteroatoms. The van der Waals surface area contributed by atoms with Gasteiger partial charge >= 0.3 is 41.8 Å². The van der Waals surface area contributed by atoms with Gasteiger partial charge in [-0.05, 0) is 163 Å². The number of nitrogens with zero attached hydrogens (tertiary/aromatic N) is 12. The molecule has 0 saturated heterocycles. The van der Waals surface area contributed by atoms with Crippen molar-refractivity contribution in [1.29, 1.82) is 0 Å². The van der Waals surface area contributed by atoms with Crippen molar-refractivity contribution in [3.8, 4) is 0 Å². The smallest absolute Gasteiger partial charge is 0.331 e. The van der Waals surface area contributed by atoms with Crippen LogP contribution in [0.1, 0.15) is 157 Å². The largest absolute Gasteiger partial charge is 0.460 e. The standard InChI is InChI=1S/C26H31N3O7.2C22H23N3O7.C22H25N3O4/c1-17(16-34-4)35-26(31)8-6-5-7-13-28-24-11-9-20(18(2)27-36-19(3)30)14-22(24)23-15-21(29(32)33)10-12-25(23)28;2*1-13(12-30-4)31-22(27)11-24-20-7-5-16(14(2)23-32-15(3)26)9-18(20)19-10-17(25(28)29)6-8-21(19)24;1-4-5-6-7-12-24-21-10-8-17(15(2)23-29-16(3)26)13-19(21)20-14-18(25(27)28)9-11-22(20)24/h9-12,14-15,17H,5-8,13,16H2,1-4H3;2*5-10,13H,11-12H2,1-4H3;8-11,13-14H,4-7,12H2,1-3H3/b27-18+;2*23-14+;23-15+. The summed E-state index contributed by atoms with van der Waals surface area (Å²) in [5.74, 6) is -3.23. The van der Waals surface area contributed by atoms with Gasteiger partial charge in [0.15, 0.2) is 0 Å². The van der Waals surface area contributed by atoms with Crippen LogP contribution in [0.25, 0.3) is 87.2 Å². The van der Waals surface area contributed by atoms with Crippen LogP contribution in [0.15, 0.2) is 166 Å². The van der Waals surface area contributed by atoms with Gasteiger partial charge in [-0.1, -0.05) is 77.5 Å². The molecule has 12 rings (SSSR count). The SMILES string of the molecule is CCCCCCn1c2ccc(/C(C)=N/OC(C)=O)cc2c2cc([N+](=O)[O-])ccc21.COCC(C)OC(=O)CCCCCn1c2ccc(/C(C)=N/OC(C)=O)cc2c2cc([N+](=O)[O-])ccc21.COCC(C)OC(=O)Cn1c2ccc(/C(C)=N/OC(C)=O)cc2c2cc([N+](=O)[O-])ccc21.COCC(C)OC(=O)Cn1c2ccc(/C(C)=N/OC(C)=O)cc2c2cc([N+](=O)[O-])ccc21. The van der Waals surface area contributed by atoms with Crippen LogP contribution in [0.3, 0.4) is 0 Å². The molecule has 0 aliphatic carbocycles. The van der Waals surface area contributed by atoms with E-state index in [1.54, 1.807) is 138 Å². The van der Waals surface area contributed by atoms with Crippen LogP contribution < -0.4 is 0 Å². The van der Waals surface area contributed by atoms with Crippen molar-refractivity contribution in [3.63, 3.8) is 0 Å². The summed E-state index contributed by atoms with van der Waals surface area (Å²) in [5.41, 5.74) is 11.3. The topological polar surface area (TPSA) is 454 Å². The maximum absolute atomic E-state index is 12.5. The zero-order chi connectivity index (χ0) is 94.0. The van der Waals surface area contributed by atoms with Crippen molar-refractivity contribution in [1.82, 2.24) is 18.3 Å². The molecule has 0 spiro atoms. The van der Waals surface area contributed by atoms with Crippen LogP contribution in [0, 0.1) is 40.5 Å². The molecule has 0 aliphatic rings. The molecule has 0 aliphatic heterocycles. The third-order valence-corrected chi connectivity index (χ3v) is 20.4. The second-order valence-electron chi connectivity index (χ2n) is 30.4. The summed E-state index contributed by atoms with van der Waals surface area (Å²) in [6.45, 7) is 21.7. The molecule has 0 amide bonds. The number of carbonyl (C=O) groups excluding carboxylic acids is 7. The first-order valence-corrected chi connectivity index (χ1v) is 41.3. The number of rotatable bonds is 36. The highest BCUT2D eigenvalue weighted by atomic mass is 16.7. The normalized spacial score (nSPS) is 12.5. The Morgan fingerprint density at radius 3 is 0.791 bits per heavy atom. The number of aromatic nitrogens is 4. The fourth-order valence-corrected chi connectivity index (χ4v) is 14.6. The molecular weight excluding hydrogens is 1670 g/mol. The number of aryl methyl sites for hydroxylation is 2. The number of unbranched alkanes of at least 4 members (excludes halogenated alkanes) is 5. The second-order valence-corrected chi connectivity index (χ2v) is 30.4. The van der Waals surface area contributed by atoms with Crippen molar-refractivity contribution < 1.29 is 101 Å². The maximum Gasteiger partial charge on any atom is 0.331 e. The van der Waals surface area contributed by atoms with E-state index < -0.39 is 62.8 Å². The van der Waals surface area contributed by atoms with Crippen molar-refractivity contribution in [2.24, 2.45) is 20.6 Å². The number of hydrogen-bond donors (Lipinski definition) is 0. The fourth-order valence-electron chi connectivity index (χ4n) is 14.6. The highest BCUT2D eigenvalue weighted by Gasteiger charge is 2.25. The van der Waals surface area contributed by atoms with Gasteiger partial charge in [0.25, 0.3) is 22.7 Å². The molecule has 680 valence electrons. The predicted octanol–water partition coefficient (Wildman–Crippen LogP) is 17.8. The summed E-state index contributed by atoms with van der Waals surface area (Å²) in [5, 5.41) is 66.6. The Morgan fingerprint density at radius 1 is 0.318 bits per heavy atom. The number of oxime groups is 4. The molecule has 0 bridgehead atoms. The van der Waals surface area contributed by atoms with E-state index in [0.717, 1.165) is 87.0 Å². The molecule has 37 nitrogen and oxygen atoms in total. The minimum Gasteiger partial charge on any atom is -0.460 e. The molecular formula is C92H102N12O25. The van der Waals surface area contributed by atoms with Crippen molar-refractivity contribution in [3.05, 3.63) is 208 Å². The summed E-state index contributed by atoms with van der Waals surface area (Å²) in [6, 6.07) is 41.1. The van der Waals surface area contributed by atoms with Gasteiger partial charge in [-0.25, -0.2) is 19.2 Å². The molecule has 0 N–H and O–H groups in total. The number of esters is 3. The lowest BCUT2D eigenvalue weighted by Gasteiger charge is -2.13. The highest BCUT2D eigenvalue weighted by Crippen LogP contribution is 2.38. The van der Waals surface area contributed by atoms with Crippen LogP contribution in [0.5, 0.6) is 0 Å². The van der Waals surface area contributed by atoms with Gasteiger partial charge in [-0.15, -0.1) is 0 Å². The third kappa shape index (κ3) is 26.1. The van der Waals surface area contributed by atoms with Crippen LogP contribution in [0.4, 0.5) is 22.7 Å². The summed E-state index contributed by atoms with van der Waals surface area (Å²) in [4.78, 5) is 144. The number of nitro benzene ring substituents is 4. The number of ether oxygens (including phenoxy) is 6. The molecule has 129 heavy (non-hydrogen) atoms. The maximum atomic E-state index is 12.5. The number of benzene rings is 8. The second kappa shape index (κ2) is 46.0. The number of non-ortho nitro benzene ring substituents is 4. The Bertz CT molecular complexity index is 6180. The van der Waals surface area contributed by atoms with Crippen LogP contribution in [-0.4, -0.2) is 162 Å². The van der Waals surface area contributed by atoms with Gasteiger partial charge in [0.2, 0.25) is 0 Å². The first-order chi connectivity index (χ1) is 61.5. The molecule has 0 radical (unpaired) electrons. The van der Waals surface area contributed by atoms with E-state index in [2.05, 4.69) is 36.7 Å². The Hall–Kier alpha value is -14.6. The van der Waals surface area contributed by atoms with Crippen molar-refractivity contribution in [2.45, 2.75) is 179 Å². The lowest BCUT2D eigenvalue weighted by Crippen LogP contribution is -2.22. The van der Waals surface area contributed by atoms with Gasteiger partial charge < -0.3 is 66.0 Å². The van der Waals surface area contributed by atoms with E-state index >= 15 is 0 Å². The average molecular weight is 1780 g/mol. The average Bonchev–Trinajstić information content (AvgIpc) is 1.63. The molecule has 0 saturated carbocycles. The lowest BCUT2D eigenvalue weighted by molar-refractivity contribution is -0.384. The summed E-state index contributed by atoms with van der Waals surface area (Å²) in [7, 11) is 4.61. The Labute approximate surface area is 739 Å². The Kier molecular flexibility index (Phi) is 35.1. The minimum absolute atomic E-state index is 0.0125. The number of nitro groups is 4. The first-order valence-electron chi connectivity index (χ1n) is 41.3. The Morgan fingerprint density at radius 2 is 0.550 bits per heavy atom. The van der Waals surface area contributed by atoms with Crippen LogP contribution >= 0.6 is 0 Å². The van der Waals surface area contributed by atoms with Crippen LogP contribution in [-0.2, 0) is 108 Å². The van der Waals surface area contributed by atoms with E-state index in [9.17, 15) is 74.0 Å². The lowest BCUT2D eigenvalue weighted by atomic mass is 10.1. The van der Waals surface area contributed by atoms with Gasteiger partial charge in [0.05, 0.1) is 73.4 Å². The van der Waals surface area contributed by atoms with E-state index in [0.29, 0.717) is 104 Å². The van der Waals surface area contributed by atoms with Gasteiger partial charge in [-0.3, -0.25) is 54.8 Å².